The molecule has 1 aromatic rings. The van der Waals surface area contributed by atoms with E-state index in [2.05, 4.69) is 5.32 Å². The van der Waals surface area contributed by atoms with E-state index in [-0.39, 0.29) is 17.7 Å². The highest BCUT2D eigenvalue weighted by atomic mass is 16.2. The van der Waals surface area contributed by atoms with E-state index in [0.717, 1.165) is 5.56 Å². The van der Waals surface area contributed by atoms with E-state index in [1.165, 1.54) is 0 Å². The Morgan fingerprint density at radius 2 is 2.15 bits per heavy atom. The van der Waals surface area contributed by atoms with Crippen LogP contribution >= 0.6 is 0 Å². The Kier molecular flexibility index (Phi) is 4.93. The van der Waals surface area contributed by atoms with Crippen LogP contribution in [0.3, 0.4) is 0 Å². The van der Waals surface area contributed by atoms with Crippen LogP contribution in [0.4, 0.5) is 0 Å². The number of carbonyl (C=O) groups excluding carboxylic acids is 2. The molecule has 1 heterocycles. The fraction of sp³-hybridized carbons (Fsp3) is 0.375. The molecule has 4 nitrogen and oxygen atoms in total. The Morgan fingerprint density at radius 3 is 2.80 bits per heavy atom. The SMILES string of the molecule is CCN1CC(C(=O)NC/C=C/c2ccccc2)CC1=O. The Bertz CT molecular complexity index is 496. The molecule has 1 aliphatic rings. The van der Waals surface area contributed by atoms with Gasteiger partial charge in [0, 0.05) is 26.1 Å². The maximum atomic E-state index is 11.9. The lowest BCUT2D eigenvalue weighted by molar-refractivity contribution is -0.128. The minimum absolute atomic E-state index is 0.0352. The van der Waals surface area contributed by atoms with Gasteiger partial charge in [0.2, 0.25) is 11.8 Å². The fourth-order valence-electron chi connectivity index (χ4n) is 2.32. The largest absolute Gasteiger partial charge is 0.352 e. The smallest absolute Gasteiger partial charge is 0.225 e. The van der Waals surface area contributed by atoms with Crippen LogP contribution in [-0.4, -0.2) is 36.3 Å². The summed E-state index contributed by atoms with van der Waals surface area (Å²) in [6.07, 6.45) is 4.22. The van der Waals surface area contributed by atoms with Crippen LogP contribution in [0.2, 0.25) is 0 Å². The topological polar surface area (TPSA) is 49.4 Å². The highest BCUT2D eigenvalue weighted by molar-refractivity contribution is 5.89. The molecule has 1 fully saturated rings. The molecule has 1 unspecified atom stereocenters. The summed E-state index contributed by atoms with van der Waals surface area (Å²) in [5.41, 5.74) is 1.11. The maximum Gasteiger partial charge on any atom is 0.225 e. The molecule has 1 aromatic carbocycles. The molecular formula is C16H20N2O2. The second kappa shape index (κ2) is 6.89. The van der Waals surface area contributed by atoms with Crippen LogP contribution in [0.15, 0.2) is 36.4 Å². The lowest BCUT2D eigenvalue weighted by Gasteiger charge is -2.13. The minimum atomic E-state index is -0.201. The first kappa shape index (κ1) is 14.3. The molecule has 1 saturated heterocycles. The number of carbonyl (C=O) groups is 2. The van der Waals surface area contributed by atoms with Crippen LogP contribution in [0.25, 0.3) is 6.08 Å². The molecule has 1 aliphatic heterocycles. The number of benzene rings is 1. The first-order valence-electron chi connectivity index (χ1n) is 6.97. The molecule has 2 amide bonds. The molecule has 0 aromatic heterocycles. The maximum absolute atomic E-state index is 11.9. The van der Waals surface area contributed by atoms with Gasteiger partial charge in [-0.15, -0.1) is 0 Å². The molecule has 2 rings (SSSR count). The highest BCUT2D eigenvalue weighted by Crippen LogP contribution is 2.17. The molecule has 1 atom stereocenters. The van der Waals surface area contributed by atoms with Crippen molar-refractivity contribution in [3.63, 3.8) is 0 Å². The third-order valence-electron chi connectivity index (χ3n) is 3.47. The summed E-state index contributed by atoms with van der Waals surface area (Å²) in [4.78, 5) is 25.2. The van der Waals surface area contributed by atoms with Gasteiger partial charge in [0.1, 0.15) is 0 Å². The quantitative estimate of drug-likeness (QED) is 0.886. The van der Waals surface area contributed by atoms with E-state index >= 15 is 0 Å². The van der Waals surface area contributed by atoms with Gasteiger partial charge in [0.25, 0.3) is 0 Å². The number of hydrogen-bond donors (Lipinski definition) is 1. The second-order valence-electron chi connectivity index (χ2n) is 4.89. The summed E-state index contributed by atoms with van der Waals surface area (Å²) in [6, 6.07) is 9.93. The third-order valence-corrected chi connectivity index (χ3v) is 3.47. The zero-order chi connectivity index (χ0) is 14.4. The molecule has 1 N–H and O–H groups in total. The summed E-state index contributed by atoms with van der Waals surface area (Å²) in [5.74, 6) is -0.160. The predicted octanol–water partition coefficient (Wildman–Crippen LogP) is 1.68. The summed E-state index contributed by atoms with van der Waals surface area (Å²) in [6.45, 7) is 3.64. The zero-order valence-corrected chi connectivity index (χ0v) is 11.7. The Morgan fingerprint density at radius 1 is 1.40 bits per heavy atom. The van der Waals surface area contributed by atoms with Crippen LogP contribution in [0, 0.1) is 5.92 Å². The highest BCUT2D eigenvalue weighted by Gasteiger charge is 2.32. The minimum Gasteiger partial charge on any atom is -0.352 e. The Labute approximate surface area is 119 Å². The van der Waals surface area contributed by atoms with Crippen LogP contribution in [0.1, 0.15) is 18.9 Å². The van der Waals surface area contributed by atoms with Crippen molar-refractivity contribution in [2.75, 3.05) is 19.6 Å². The van der Waals surface area contributed by atoms with Crippen molar-refractivity contribution in [2.45, 2.75) is 13.3 Å². The molecule has 4 heteroatoms. The molecular weight excluding hydrogens is 252 g/mol. The average Bonchev–Trinajstić information content (AvgIpc) is 2.86. The summed E-state index contributed by atoms with van der Waals surface area (Å²) in [5, 5.41) is 2.86. The molecule has 0 spiro atoms. The van der Waals surface area contributed by atoms with Gasteiger partial charge in [-0.05, 0) is 12.5 Å². The van der Waals surface area contributed by atoms with Crippen molar-refractivity contribution in [2.24, 2.45) is 5.92 Å². The van der Waals surface area contributed by atoms with Gasteiger partial charge in [-0.2, -0.15) is 0 Å². The molecule has 106 valence electrons. The van der Waals surface area contributed by atoms with Gasteiger partial charge in [0.05, 0.1) is 5.92 Å². The Balaban J connectivity index is 1.76. The number of likely N-dealkylation sites (tertiary alicyclic amines) is 1. The lowest BCUT2D eigenvalue weighted by Crippen LogP contribution is -2.32. The summed E-state index contributed by atoms with van der Waals surface area (Å²) < 4.78 is 0. The van der Waals surface area contributed by atoms with Gasteiger partial charge in [-0.3, -0.25) is 9.59 Å². The predicted molar refractivity (Wildman–Crippen MR) is 78.8 cm³/mol. The van der Waals surface area contributed by atoms with Crippen LogP contribution in [0.5, 0.6) is 0 Å². The van der Waals surface area contributed by atoms with Gasteiger partial charge in [-0.25, -0.2) is 0 Å². The number of rotatable bonds is 5. The number of hydrogen-bond acceptors (Lipinski definition) is 2. The van der Waals surface area contributed by atoms with Crippen molar-refractivity contribution in [3.8, 4) is 0 Å². The third kappa shape index (κ3) is 3.70. The van der Waals surface area contributed by atoms with E-state index in [4.69, 9.17) is 0 Å². The van der Waals surface area contributed by atoms with Crippen molar-refractivity contribution in [3.05, 3.63) is 42.0 Å². The van der Waals surface area contributed by atoms with E-state index in [0.29, 0.717) is 26.1 Å². The monoisotopic (exact) mass is 272 g/mol. The number of nitrogens with zero attached hydrogens (tertiary/aromatic N) is 1. The van der Waals surface area contributed by atoms with Gasteiger partial charge >= 0.3 is 0 Å². The second-order valence-corrected chi connectivity index (χ2v) is 4.89. The lowest BCUT2D eigenvalue weighted by atomic mass is 10.1. The van der Waals surface area contributed by atoms with Crippen LogP contribution in [-0.2, 0) is 9.59 Å². The summed E-state index contributed by atoms with van der Waals surface area (Å²) in [7, 11) is 0. The fourth-order valence-corrected chi connectivity index (χ4v) is 2.32. The van der Waals surface area contributed by atoms with E-state index < -0.39 is 0 Å². The number of nitrogens with one attached hydrogen (secondary N) is 1. The molecule has 0 saturated carbocycles. The number of amides is 2. The van der Waals surface area contributed by atoms with Gasteiger partial charge in [-0.1, -0.05) is 42.5 Å². The van der Waals surface area contributed by atoms with Crippen molar-refractivity contribution in [1.82, 2.24) is 10.2 Å². The molecule has 0 radical (unpaired) electrons. The molecule has 0 aliphatic carbocycles. The Hall–Kier alpha value is -2.10. The average molecular weight is 272 g/mol. The van der Waals surface area contributed by atoms with Gasteiger partial charge in [0.15, 0.2) is 0 Å². The van der Waals surface area contributed by atoms with E-state index in [1.54, 1.807) is 4.90 Å². The normalized spacial score (nSPS) is 18.8. The van der Waals surface area contributed by atoms with E-state index in [9.17, 15) is 9.59 Å². The van der Waals surface area contributed by atoms with Crippen molar-refractivity contribution in [1.29, 1.82) is 0 Å². The zero-order valence-electron chi connectivity index (χ0n) is 11.7. The first-order valence-corrected chi connectivity index (χ1v) is 6.97. The van der Waals surface area contributed by atoms with Crippen molar-refractivity contribution >= 4 is 17.9 Å². The van der Waals surface area contributed by atoms with E-state index in [1.807, 2.05) is 49.4 Å². The summed E-state index contributed by atoms with van der Waals surface area (Å²) >= 11 is 0. The van der Waals surface area contributed by atoms with Gasteiger partial charge < -0.3 is 10.2 Å². The molecule has 0 bridgehead atoms. The van der Waals surface area contributed by atoms with Crippen molar-refractivity contribution < 1.29 is 9.59 Å². The standard InChI is InChI=1S/C16H20N2O2/c1-2-18-12-14(11-15(18)19)16(20)17-10-6-9-13-7-4-3-5-8-13/h3-9,14H,2,10-12H2,1H3,(H,17,20)/b9-6+. The first-order chi connectivity index (χ1) is 9.70. The molecule has 20 heavy (non-hydrogen) atoms. The van der Waals surface area contributed by atoms with Crippen LogP contribution < -0.4 is 5.32 Å².